The van der Waals surface area contributed by atoms with Gasteiger partial charge in [-0.05, 0) is 26.0 Å². The molecule has 1 aromatic rings. The molecule has 3 rings (SSSR count). The molecule has 3 heterocycles. The minimum absolute atomic E-state index is 0.00104. The fourth-order valence-electron chi connectivity index (χ4n) is 3.31. The van der Waals surface area contributed by atoms with Gasteiger partial charge >= 0.3 is 0 Å². The van der Waals surface area contributed by atoms with Crippen molar-refractivity contribution in [3.05, 3.63) is 28.4 Å². The number of aromatic nitrogens is 1. The molecule has 1 aromatic heterocycles. The lowest BCUT2D eigenvalue weighted by Crippen LogP contribution is -2.50. The number of nitrogens with zero attached hydrogens (tertiary/aromatic N) is 5. The summed E-state index contributed by atoms with van der Waals surface area (Å²) in [6.45, 7) is 5.04. The third-order valence-corrected chi connectivity index (χ3v) is 4.93. The number of amides is 1. The van der Waals surface area contributed by atoms with Crippen LogP contribution in [0.15, 0.2) is 18.3 Å². The largest absolute Gasteiger partial charge is 0.357 e. The van der Waals surface area contributed by atoms with E-state index in [4.69, 9.17) is 0 Å². The van der Waals surface area contributed by atoms with E-state index < -0.39 is 4.92 Å². The minimum atomic E-state index is -0.447. The van der Waals surface area contributed by atoms with Gasteiger partial charge in [0.2, 0.25) is 5.91 Å². The van der Waals surface area contributed by atoms with Crippen LogP contribution in [0, 0.1) is 16.0 Å². The van der Waals surface area contributed by atoms with Crippen molar-refractivity contribution in [1.82, 2.24) is 14.8 Å². The van der Waals surface area contributed by atoms with Gasteiger partial charge in [0.25, 0.3) is 5.69 Å². The second-order valence-electron chi connectivity index (χ2n) is 6.52. The molecule has 2 fully saturated rings. The highest BCUT2D eigenvalue weighted by atomic mass is 16.6. The highest BCUT2D eigenvalue weighted by Gasteiger charge is 2.30. The van der Waals surface area contributed by atoms with Crippen LogP contribution in [-0.4, -0.2) is 71.9 Å². The number of anilines is 1. The van der Waals surface area contributed by atoms with Gasteiger partial charge in [0.05, 0.1) is 4.92 Å². The van der Waals surface area contributed by atoms with Crippen LogP contribution in [-0.2, 0) is 4.79 Å². The smallest absolute Gasteiger partial charge is 0.287 e. The molecule has 0 aromatic carbocycles. The Morgan fingerprint density at radius 2 is 1.83 bits per heavy atom. The molecule has 0 radical (unpaired) electrons. The van der Waals surface area contributed by atoms with E-state index in [2.05, 4.69) is 21.8 Å². The first-order chi connectivity index (χ1) is 11.5. The summed E-state index contributed by atoms with van der Waals surface area (Å²) in [5.74, 6) is 1.10. The van der Waals surface area contributed by atoms with Gasteiger partial charge in [-0.1, -0.05) is 0 Å². The summed E-state index contributed by atoms with van der Waals surface area (Å²) in [4.78, 5) is 33.4. The summed E-state index contributed by atoms with van der Waals surface area (Å²) >= 11 is 0. The van der Waals surface area contributed by atoms with Crippen molar-refractivity contribution in [3.63, 3.8) is 0 Å². The molecule has 0 N–H and O–H groups in total. The van der Waals surface area contributed by atoms with Gasteiger partial charge in [0.15, 0.2) is 0 Å². The van der Waals surface area contributed by atoms with Crippen molar-refractivity contribution in [3.8, 4) is 0 Å². The Bertz CT molecular complexity index is 590. The van der Waals surface area contributed by atoms with E-state index in [1.54, 1.807) is 6.07 Å². The summed E-state index contributed by atoms with van der Waals surface area (Å²) in [6, 6.07) is 3.16. The Kier molecular flexibility index (Phi) is 4.94. The molecule has 2 aliphatic rings. The quantitative estimate of drug-likeness (QED) is 0.606. The van der Waals surface area contributed by atoms with E-state index >= 15 is 0 Å². The molecule has 0 aliphatic carbocycles. The van der Waals surface area contributed by atoms with E-state index in [0.29, 0.717) is 0 Å². The van der Waals surface area contributed by atoms with Gasteiger partial charge in [-0.25, -0.2) is 4.98 Å². The maximum Gasteiger partial charge on any atom is 0.287 e. The summed E-state index contributed by atoms with van der Waals surface area (Å²) in [6.07, 6.45) is 2.91. The van der Waals surface area contributed by atoms with Crippen molar-refractivity contribution in [2.75, 3.05) is 51.2 Å². The summed E-state index contributed by atoms with van der Waals surface area (Å²) < 4.78 is 0. The first kappa shape index (κ1) is 16.6. The van der Waals surface area contributed by atoms with Crippen LogP contribution < -0.4 is 4.90 Å². The Labute approximate surface area is 141 Å². The fourth-order valence-corrected chi connectivity index (χ4v) is 3.31. The monoisotopic (exact) mass is 333 g/mol. The molecule has 0 bridgehead atoms. The number of hydrogen-bond donors (Lipinski definition) is 0. The molecule has 8 heteroatoms. The number of hydrogen-bond acceptors (Lipinski definition) is 6. The van der Waals surface area contributed by atoms with Crippen molar-refractivity contribution >= 4 is 17.4 Å². The van der Waals surface area contributed by atoms with Crippen molar-refractivity contribution in [2.45, 2.75) is 12.8 Å². The summed E-state index contributed by atoms with van der Waals surface area (Å²) in [5, 5.41) is 10.7. The topological polar surface area (TPSA) is 82.8 Å². The van der Waals surface area contributed by atoms with Crippen LogP contribution in [0.4, 0.5) is 11.5 Å². The maximum atomic E-state index is 12.6. The van der Waals surface area contributed by atoms with E-state index in [-0.39, 0.29) is 17.5 Å². The van der Waals surface area contributed by atoms with Crippen LogP contribution in [0.3, 0.4) is 0 Å². The van der Waals surface area contributed by atoms with Crippen LogP contribution in [0.2, 0.25) is 0 Å². The molecular formula is C16H23N5O3. The maximum absolute atomic E-state index is 12.6. The molecule has 1 amide bonds. The Morgan fingerprint density at radius 3 is 2.38 bits per heavy atom. The lowest BCUT2D eigenvalue weighted by atomic mass is 9.95. The number of rotatable bonds is 3. The molecule has 0 saturated carbocycles. The Morgan fingerprint density at radius 1 is 1.17 bits per heavy atom. The zero-order chi connectivity index (χ0) is 17.1. The molecule has 0 spiro atoms. The summed E-state index contributed by atoms with van der Waals surface area (Å²) in [7, 11) is 2.08. The van der Waals surface area contributed by atoms with Crippen LogP contribution in [0.25, 0.3) is 0 Å². The van der Waals surface area contributed by atoms with Crippen molar-refractivity contribution in [2.24, 2.45) is 5.92 Å². The first-order valence-electron chi connectivity index (χ1n) is 8.37. The Balaban J connectivity index is 1.53. The number of nitro groups is 1. The number of carbonyl (C=O) groups excluding carboxylic acids is 1. The van der Waals surface area contributed by atoms with Gasteiger partial charge in [-0.15, -0.1) is 0 Å². The van der Waals surface area contributed by atoms with Gasteiger partial charge in [0, 0.05) is 51.3 Å². The van der Waals surface area contributed by atoms with E-state index in [9.17, 15) is 14.9 Å². The molecule has 2 saturated heterocycles. The van der Waals surface area contributed by atoms with Gasteiger partial charge < -0.3 is 14.7 Å². The van der Waals surface area contributed by atoms with E-state index in [1.807, 2.05) is 4.90 Å². The zero-order valence-corrected chi connectivity index (χ0v) is 13.9. The third kappa shape index (κ3) is 3.64. The minimum Gasteiger partial charge on any atom is -0.357 e. The highest BCUT2D eigenvalue weighted by molar-refractivity contribution is 5.79. The van der Waals surface area contributed by atoms with Crippen LogP contribution in [0.1, 0.15) is 12.8 Å². The normalized spacial score (nSPS) is 20.2. The standard InChI is InChI=1S/C16H23N5O3/c1-18-8-10-20(11-9-18)16(22)13-4-6-19(7-5-13)15-3-2-14(12-17-15)21(23)24/h2-3,12-13H,4-11H2,1H3. The van der Waals surface area contributed by atoms with E-state index in [1.165, 1.54) is 12.3 Å². The third-order valence-electron chi connectivity index (χ3n) is 4.93. The average molecular weight is 333 g/mol. The van der Waals surface area contributed by atoms with Gasteiger partial charge in [-0.2, -0.15) is 0 Å². The van der Waals surface area contributed by atoms with Crippen molar-refractivity contribution < 1.29 is 9.72 Å². The highest BCUT2D eigenvalue weighted by Crippen LogP contribution is 2.24. The lowest BCUT2D eigenvalue weighted by molar-refractivity contribution is -0.385. The SMILES string of the molecule is CN1CCN(C(=O)C2CCN(c3ccc([N+](=O)[O-])cn3)CC2)CC1. The average Bonchev–Trinajstić information content (AvgIpc) is 2.62. The fraction of sp³-hybridized carbons (Fsp3) is 0.625. The molecule has 8 nitrogen and oxygen atoms in total. The number of piperazine rings is 1. The lowest BCUT2D eigenvalue weighted by Gasteiger charge is -2.37. The molecular weight excluding hydrogens is 310 g/mol. The van der Waals surface area contributed by atoms with Crippen LogP contribution in [0.5, 0.6) is 0 Å². The predicted molar refractivity (Wildman–Crippen MR) is 89.9 cm³/mol. The molecule has 130 valence electrons. The second kappa shape index (κ2) is 7.12. The number of carbonyl (C=O) groups is 1. The molecule has 0 atom stereocenters. The second-order valence-corrected chi connectivity index (χ2v) is 6.52. The molecule has 24 heavy (non-hydrogen) atoms. The van der Waals surface area contributed by atoms with Gasteiger partial charge in [-0.3, -0.25) is 14.9 Å². The van der Waals surface area contributed by atoms with Gasteiger partial charge in [0.1, 0.15) is 12.0 Å². The van der Waals surface area contributed by atoms with Crippen molar-refractivity contribution in [1.29, 1.82) is 0 Å². The number of piperidine rings is 1. The summed E-state index contributed by atoms with van der Waals surface area (Å²) in [5.41, 5.74) is -0.00104. The first-order valence-corrected chi connectivity index (χ1v) is 8.37. The zero-order valence-electron chi connectivity index (χ0n) is 13.9. The Hall–Kier alpha value is -2.22. The number of pyridine rings is 1. The number of likely N-dealkylation sites (N-methyl/N-ethyl adjacent to an activating group) is 1. The molecule has 2 aliphatic heterocycles. The van der Waals surface area contributed by atoms with E-state index in [0.717, 1.165) is 57.9 Å². The molecule has 0 unspecified atom stereocenters. The predicted octanol–water partition coefficient (Wildman–Crippen LogP) is 0.980. The van der Waals surface area contributed by atoms with Crippen LogP contribution >= 0.6 is 0 Å².